The largest absolute Gasteiger partial charge is 0.595 e. The predicted octanol–water partition coefficient (Wildman–Crippen LogP) is 4.03. The highest BCUT2D eigenvalue weighted by molar-refractivity contribution is 9.10. The van der Waals surface area contributed by atoms with Crippen molar-refractivity contribution in [1.29, 1.82) is 0 Å². The number of halogens is 1. The standard InChI is InChI=1S/C20H14BrNO5S/c21-14-6-9-19(17(12-14)18(23)8-7-16-5-2-10-28-16)27-20(24)13-3-1-4-15(11-13)22(25)26/h1-12,22,25H. The molecule has 1 aromatic heterocycles. The smallest absolute Gasteiger partial charge is 0.343 e. The van der Waals surface area contributed by atoms with Crippen LogP contribution in [0.15, 0.2) is 70.5 Å². The minimum atomic E-state index is -1.15. The molecule has 1 unspecified atom stereocenters. The zero-order valence-corrected chi connectivity index (χ0v) is 16.7. The fraction of sp³-hybridized carbons (Fsp3) is 0. The average molecular weight is 460 g/mol. The number of hydrogen-bond donors (Lipinski definition) is 2. The average Bonchev–Trinajstić information content (AvgIpc) is 3.21. The lowest BCUT2D eigenvalue weighted by molar-refractivity contribution is -0.991. The second kappa shape index (κ2) is 9.05. The van der Waals surface area contributed by atoms with Crippen molar-refractivity contribution in [2.45, 2.75) is 0 Å². The van der Waals surface area contributed by atoms with E-state index in [-0.39, 0.29) is 28.3 Å². The summed E-state index contributed by atoms with van der Waals surface area (Å²) in [6, 6.07) is 14.0. The van der Waals surface area contributed by atoms with E-state index in [1.165, 1.54) is 47.7 Å². The molecule has 0 aliphatic carbocycles. The predicted molar refractivity (Wildman–Crippen MR) is 109 cm³/mol. The molecule has 0 aliphatic rings. The molecule has 8 heteroatoms. The molecule has 0 saturated heterocycles. The lowest BCUT2D eigenvalue weighted by Crippen LogP contribution is -2.99. The Morgan fingerprint density at radius 1 is 1.14 bits per heavy atom. The fourth-order valence-electron chi connectivity index (χ4n) is 2.36. The molecule has 0 spiro atoms. The molecule has 0 saturated carbocycles. The van der Waals surface area contributed by atoms with Gasteiger partial charge in [-0.05, 0) is 47.9 Å². The minimum absolute atomic E-state index is 0.0274. The molecule has 3 rings (SSSR count). The number of allylic oxidation sites excluding steroid dienone is 1. The second-order valence-electron chi connectivity index (χ2n) is 5.63. The SMILES string of the molecule is O=C(Oc1ccc(Br)cc1C(=O)C=Cc1cccs1)c1cccc([NH+]([O-])O)c1. The Balaban J connectivity index is 1.85. The Bertz CT molecular complexity index is 1030. The van der Waals surface area contributed by atoms with Gasteiger partial charge >= 0.3 is 5.97 Å². The fourth-order valence-corrected chi connectivity index (χ4v) is 3.33. The van der Waals surface area contributed by atoms with E-state index >= 15 is 0 Å². The summed E-state index contributed by atoms with van der Waals surface area (Å²) in [7, 11) is 0. The van der Waals surface area contributed by atoms with E-state index in [0.29, 0.717) is 4.47 Å². The van der Waals surface area contributed by atoms with E-state index in [0.717, 1.165) is 4.88 Å². The third-order valence-corrected chi connectivity index (χ3v) is 5.03. The van der Waals surface area contributed by atoms with Crippen LogP contribution in [-0.2, 0) is 0 Å². The number of esters is 1. The summed E-state index contributed by atoms with van der Waals surface area (Å²) in [6.45, 7) is 0. The Labute approximate surface area is 173 Å². The third-order valence-electron chi connectivity index (χ3n) is 3.70. The number of ketones is 1. The lowest BCUT2D eigenvalue weighted by Gasteiger charge is -2.12. The number of carbonyl (C=O) groups excluding carboxylic acids is 2. The first-order valence-electron chi connectivity index (χ1n) is 8.05. The molecule has 142 valence electrons. The van der Waals surface area contributed by atoms with E-state index in [2.05, 4.69) is 15.9 Å². The maximum absolute atomic E-state index is 12.6. The molecule has 0 aliphatic heterocycles. The van der Waals surface area contributed by atoms with Crippen molar-refractivity contribution in [3.63, 3.8) is 0 Å². The van der Waals surface area contributed by atoms with Gasteiger partial charge in [0.25, 0.3) is 0 Å². The Kier molecular flexibility index (Phi) is 6.50. The molecule has 0 fully saturated rings. The number of nitrogens with one attached hydrogen (secondary N) is 1. The first-order chi connectivity index (χ1) is 13.4. The molecule has 1 heterocycles. The van der Waals surface area contributed by atoms with Crippen molar-refractivity contribution in [2.75, 3.05) is 0 Å². The highest BCUT2D eigenvalue weighted by atomic mass is 79.9. The van der Waals surface area contributed by atoms with Crippen molar-refractivity contribution < 1.29 is 24.8 Å². The number of hydrogen-bond acceptors (Lipinski definition) is 6. The molecule has 6 nitrogen and oxygen atoms in total. The van der Waals surface area contributed by atoms with Gasteiger partial charge < -0.3 is 9.94 Å². The number of rotatable bonds is 6. The maximum atomic E-state index is 12.6. The zero-order chi connectivity index (χ0) is 20.1. The highest BCUT2D eigenvalue weighted by Gasteiger charge is 2.17. The molecule has 0 bridgehead atoms. The summed E-state index contributed by atoms with van der Waals surface area (Å²) in [5.74, 6) is -0.978. The molecule has 2 aromatic carbocycles. The van der Waals surface area contributed by atoms with Crippen molar-refractivity contribution in [2.24, 2.45) is 0 Å². The van der Waals surface area contributed by atoms with Crippen LogP contribution in [0.3, 0.4) is 0 Å². The van der Waals surface area contributed by atoms with Crippen LogP contribution in [0.5, 0.6) is 5.75 Å². The number of carbonyl (C=O) groups is 2. The third kappa shape index (κ3) is 5.00. The molecule has 0 radical (unpaired) electrons. The van der Waals surface area contributed by atoms with E-state index in [1.807, 2.05) is 17.5 Å². The minimum Gasteiger partial charge on any atom is -0.595 e. The van der Waals surface area contributed by atoms with Crippen LogP contribution in [0.25, 0.3) is 6.08 Å². The summed E-state index contributed by atoms with van der Waals surface area (Å²) in [5, 5.41) is 20.9. The molecular weight excluding hydrogens is 446 g/mol. The van der Waals surface area contributed by atoms with Gasteiger partial charge in [0.05, 0.1) is 11.1 Å². The van der Waals surface area contributed by atoms with Crippen molar-refractivity contribution in [3.05, 3.63) is 91.7 Å². The number of ether oxygens (including phenoxy) is 1. The van der Waals surface area contributed by atoms with Crippen LogP contribution >= 0.6 is 27.3 Å². The lowest BCUT2D eigenvalue weighted by atomic mass is 10.1. The van der Waals surface area contributed by atoms with Crippen LogP contribution in [0.4, 0.5) is 5.69 Å². The molecule has 2 N–H and O–H groups in total. The van der Waals surface area contributed by atoms with Gasteiger partial charge in [-0.3, -0.25) is 4.79 Å². The molecule has 0 amide bonds. The summed E-state index contributed by atoms with van der Waals surface area (Å²) >= 11 is 4.81. The molecule has 1 atom stereocenters. The summed E-state index contributed by atoms with van der Waals surface area (Å²) in [4.78, 5) is 26.0. The first kappa shape index (κ1) is 20.1. The monoisotopic (exact) mass is 459 g/mol. The van der Waals surface area contributed by atoms with Crippen LogP contribution in [-0.4, -0.2) is 17.0 Å². The summed E-state index contributed by atoms with van der Waals surface area (Å²) < 4.78 is 6.03. The van der Waals surface area contributed by atoms with E-state index in [4.69, 9.17) is 9.94 Å². The normalized spacial score (nSPS) is 12.1. The molecule has 28 heavy (non-hydrogen) atoms. The summed E-state index contributed by atoms with van der Waals surface area (Å²) in [5.41, 5.74) is 0.265. The molecule has 3 aromatic rings. The van der Waals surface area contributed by atoms with Gasteiger partial charge in [0.2, 0.25) is 0 Å². The Morgan fingerprint density at radius 3 is 2.68 bits per heavy atom. The summed E-state index contributed by atoms with van der Waals surface area (Å²) in [6.07, 6.45) is 3.10. The van der Waals surface area contributed by atoms with Crippen LogP contribution in [0, 0.1) is 5.21 Å². The number of benzene rings is 2. The van der Waals surface area contributed by atoms with Gasteiger partial charge in [-0.25, -0.2) is 10.0 Å². The van der Waals surface area contributed by atoms with E-state index < -0.39 is 11.2 Å². The Hall–Kier alpha value is -2.62. The van der Waals surface area contributed by atoms with Gasteiger partial charge in [0.1, 0.15) is 5.75 Å². The van der Waals surface area contributed by atoms with Gasteiger partial charge in [-0.15, -0.1) is 11.3 Å². The van der Waals surface area contributed by atoms with Crippen molar-refractivity contribution in [3.8, 4) is 5.75 Å². The van der Waals surface area contributed by atoms with Crippen molar-refractivity contribution in [1.82, 2.24) is 0 Å². The zero-order valence-electron chi connectivity index (χ0n) is 14.3. The van der Waals surface area contributed by atoms with Crippen LogP contribution in [0.1, 0.15) is 25.6 Å². The number of quaternary nitrogens is 1. The van der Waals surface area contributed by atoms with Gasteiger partial charge in [-0.1, -0.05) is 28.1 Å². The highest BCUT2D eigenvalue weighted by Crippen LogP contribution is 2.26. The quantitative estimate of drug-likeness (QED) is 0.191. The van der Waals surface area contributed by atoms with Crippen LogP contribution in [0.2, 0.25) is 0 Å². The van der Waals surface area contributed by atoms with Gasteiger partial charge in [-0.2, -0.15) is 5.23 Å². The van der Waals surface area contributed by atoms with Gasteiger partial charge in [0.15, 0.2) is 11.5 Å². The maximum Gasteiger partial charge on any atom is 0.343 e. The Morgan fingerprint density at radius 2 is 1.96 bits per heavy atom. The van der Waals surface area contributed by atoms with E-state index in [1.54, 1.807) is 18.2 Å². The number of thiophene rings is 1. The van der Waals surface area contributed by atoms with Crippen LogP contribution < -0.4 is 9.96 Å². The van der Waals surface area contributed by atoms with E-state index in [9.17, 15) is 14.8 Å². The second-order valence-corrected chi connectivity index (χ2v) is 7.52. The van der Waals surface area contributed by atoms with Gasteiger partial charge in [0, 0.05) is 21.5 Å². The molecular formula is C20H14BrNO5S. The first-order valence-corrected chi connectivity index (χ1v) is 9.72. The van der Waals surface area contributed by atoms with Crippen molar-refractivity contribution >= 4 is 50.8 Å². The topological polar surface area (TPSA) is 91.1 Å².